The van der Waals surface area contributed by atoms with E-state index in [1.54, 1.807) is 0 Å². The second kappa shape index (κ2) is 5.70. The van der Waals surface area contributed by atoms with Crippen LogP contribution in [0, 0.1) is 0 Å². The van der Waals surface area contributed by atoms with E-state index in [-0.39, 0.29) is 18.5 Å². The van der Waals surface area contributed by atoms with E-state index in [1.165, 1.54) is 16.4 Å². The van der Waals surface area contributed by atoms with Gasteiger partial charge in [0.05, 0.1) is 6.04 Å². The van der Waals surface area contributed by atoms with Crippen molar-refractivity contribution in [1.29, 1.82) is 0 Å². The van der Waals surface area contributed by atoms with Crippen LogP contribution in [0.2, 0.25) is 0 Å². The maximum absolute atomic E-state index is 11.9. The van der Waals surface area contributed by atoms with Crippen LogP contribution in [0.1, 0.15) is 18.5 Å². The third-order valence-electron chi connectivity index (χ3n) is 3.35. The molecule has 0 spiro atoms. The van der Waals surface area contributed by atoms with E-state index in [1.807, 2.05) is 25.1 Å². The van der Waals surface area contributed by atoms with Crippen molar-refractivity contribution in [3.05, 3.63) is 54.4 Å². The van der Waals surface area contributed by atoms with Gasteiger partial charge in [-0.05, 0) is 39.8 Å². The number of nitrogens with one attached hydrogen (secondary N) is 1. The molecule has 0 bridgehead atoms. The topological polar surface area (TPSA) is 72.7 Å². The summed E-state index contributed by atoms with van der Waals surface area (Å²) >= 11 is 0. The van der Waals surface area contributed by atoms with Crippen LogP contribution in [0.4, 0.5) is 0 Å². The number of rotatable bonds is 4. The summed E-state index contributed by atoms with van der Waals surface area (Å²) in [6, 6.07) is 14.3. The number of tetrazole rings is 1. The van der Waals surface area contributed by atoms with Gasteiger partial charge in [-0.1, -0.05) is 36.4 Å². The molecule has 3 rings (SSSR count). The lowest BCUT2D eigenvalue weighted by molar-refractivity contribution is -0.122. The van der Waals surface area contributed by atoms with Crippen molar-refractivity contribution in [2.75, 3.05) is 0 Å². The van der Waals surface area contributed by atoms with Crippen molar-refractivity contribution in [2.45, 2.75) is 19.5 Å². The number of amides is 1. The van der Waals surface area contributed by atoms with E-state index < -0.39 is 0 Å². The molecule has 2 aromatic carbocycles. The lowest BCUT2D eigenvalue weighted by Gasteiger charge is -2.15. The quantitative estimate of drug-likeness (QED) is 0.790. The van der Waals surface area contributed by atoms with Gasteiger partial charge >= 0.3 is 0 Å². The van der Waals surface area contributed by atoms with Crippen LogP contribution < -0.4 is 5.32 Å². The maximum atomic E-state index is 11.9. The fourth-order valence-corrected chi connectivity index (χ4v) is 2.25. The number of nitrogens with zero attached hydrogens (tertiary/aromatic N) is 4. The molecular formula is C15H15N5O. The summed E-state index contributed by atoms with van der Waals surface area (Å²) in [7, 11) is 0. The van der Waals surface area contributed by atoms with E-state index >= 15 is 0 Å². The number of carbonyl (C=O) groups excluding carboxylic acids is 1. The van der Waals surface area contributed by atoms with E-state index in [9.17, 15) is 4.79 Å². The Balaban J connectivity index is 1.71. The van der Waals surface area contributed by atoms with Crippen LogP contribution in [0.3, 0.4) is 0 Å². The molecule has 6 nitrogen and oxygen atoms in total. The first kappa shape index (κ1) is 13.2. The molecule has 0 fully saturated rings. The first-order chi connectivity index (χ1) is 10.2. The largest absolute Gasteiger partial charge is 0.348 e. The van der Waals surface area contributed by atoms with Gasteiger partial charge in [-0.25, -0.2) is 4.68 Å². The van der Waals surface area contributed by atoms with Crippen molar-refractivity contribution < 1.29 is 4.79 Å². The minimum Gasteiger partial charge on any atom is -0.348 e. The Labute approximate surface area is 121 Å². The van der Waals surface area contributed by atoms with Crippen LogP contribution in [0.25, 0.3) is 10.8 Å². The molecule has 106 valence electrons. The molecule has 1 aromatic heterocycles. The minimum absolute atomic E-state index is 0.0708. The Hall–Kier alpha value is -2.76. The molecule has 0 saturated heterocycles. The van der Waals surface area contributed by atoms with Crippen molar-refractivity contribution in [2.24, 2.45) is 0 Å². The predicted molar refractivity (Wildman–Crippen MR) is 78.3 cm³/mol. The Morgan fingerprint density at radius 2 is 2.05 bits per heavy atom. The highest BCUT2D eigenvalue weighted by atomic mass is 16.2. The van der Waals surface area contributed by atoms with E-state index in [0.29, 0.717) is 0 Å². The SMILES string of the molecule is C[C@@H](NC(=O)Cn1cnnn1)c1ccc2ccccc2c1. The average Bonchev–Trinajstić information content (AvgIpc) is 2.99. The molecule has 1 N–H and O–H groups in total. The third kappa shape index (κ3) is 3.05. The van der Waals surface area contributed by atoms with Crippen molar-refractivity contribution in [3.63, 3.8) is 0 Å². The third-order valence-corrected chi connectivity index (χ3v) is 3.35. The molecule has 1 atom stereocenters. The van der Waals surface area contributed by atoms with Gasteiger partial charge in [-0.3, -0.25) is 4.79 Å². The number of hydrogen-bond donors (Lipinski definition) is 1. The van der Waals surface area contributed by atoms with Gasteiger partial charge < -0.3 is 5.32 Å². The molecule has 0 aliphatic carbocycles. The van der Waals surface area contributed by atoms with Gasteiger partial charge in [0.1, 0.15) is 12.9 Å². The summed E-state index contributed by atoms with van der Waals surface area (Å²) in [6.07, 6.45) is 1.42. The molecule has 1 amide bonds. The summed E-state index contributed by atoms with van der Waals surface area (Å²) in [4.78, 5) is 11.9. The molecule has 0 saturated carbocycles. The molecule has 0 radical (unpaired) electrons. The van der Waals surface area contributed by atoms with Crippen molar-refractivity contribution in [1.82, 2.24) is 25.5 Å². The number of carbonyl (C=O) groups is 1. The molecule has 0 aliphatic heterocycles. The number of hydrogen-bond acceptors (Lipinski definition) is 4. The highest BCUT2D eigenvalue weighted by Gasteiger charge is 2.11. The Bertz CT molecular complexity index is 754. The van der Waals surface area contributed by atoms with Gasteiger partial charge in [0.15, 0.2) is 0 Å². The standard InChI is InChI=1S/C15H15N5O/c1-11(17-15(21)9-20-10-16-18-19-20)13-7-6-12-4-2-3-5-14(12)8-13/h2-8,10-11H,9H2,1H3,(H,17,21)/t11-/m1/s1. The first-order valence-corrected chi connectivity index (χ1v) is 6.71. The van der Waals surface area contributed by atoms with Crippen LogP contribution in [0.15, 0.2) is 48.8 Å². The second-order valence-corrected chi connectivity index (χ2v) is 4.90. The number of fused-ring (bicyclic) bond motifs is 1. The Kier molecular flexibility index (Phi) is 3.59. The highest BCUT2D eigenvalue weighted by molar-refractivity contribution is 5.83. The molecule has 3 aromatic rings. The average molecular weight is 281 g/mol. The summed E-state index contributed by atoms with van der Waals surface area (Å²) in [5, 5.41) is 16.0. The van der Waals surface area contributed by atoms with Gasteiger partial charge in [-0.15, -0.1) is 5.10 Å². The highest BCUT2D eigenvalue weighted by Crippen LogP contribution is 2.20. The number of aromatic nitrogens is 4. The van der Waals surface area contributed by atoms with Crippen LogP contribution in [-0.2, 0) is 11.3 Å². The summed E-state index contributed by atoms with van der Waals surface area (Å²) in [6.45, 7) is 2.08. The van der Waals surface area contributed by atoms with Crippen molar-refractivity contribution in [3.8, 4) is 0 Å². The zero-order valence-corrected chi connectivity index (χ0v) is 11.6. The van der Waals surface area contributed by atoms with E-state index in [0.717, 1.165) is 10.9 Å². The molecule has 21 heavy (non-hydrogen) atoms. The second-order valence-electron chi connectivity index (χ2n) is 4.90. The van der Waals surface area contributed by atoms with Gasteiger partial charge in [0.2, 0.25) is 5.91 Å². The van der Waals surface area contributed by atoms with Crippen LogP contribution >= 0.6 is 0 Å². The lowest BCUT2D eigenvalue weighted by Crippen LogP contribution is -2.30. The lowest BCUT2D eigenvalue weighted by atomic mass is 10.0. The monoisotopic (exact) mass is 281 g/mol. The zero-order valence-electron chi connectivity index (χ0n) is 11.6. The predicted octanol–water partition coefficient (Wildman–Crippen LogP) is 1.70. The first-order valence-electron chi connectivity index (χ1n) is 6.71. The van der Waals surface area contributed by atoms with E-state index in [4.69, 9.17) is 0 Å². The molecule has 6 heteroatoms. The van der Waals surface area contributed by atoms with Gasteiger partial charge in [0.25, 0.3) is 0 Å². The zero-order chi connectivity index (χ0) is 14.7. The Morgan fingerprint density at radius 1 is 1.24 bits per heavy atom. The van der Waals surface area contributed by atoms with Crippen LogP contribution in [-0.4, -0.2) is 26.1 Å². The molecular weight excluding hydrogens is 266 g/mol. The number of benzene rings is 2. The normalized spacial score (nSPS) is 12.2. The van der Waals surface area contributed by atoms with Gasteiger partial charge in [-0.2, -0.15) is 0 Å². The fraction of sp³-hybridized carbons (Fsp3) is 0.200. The molecule has 0 aliphatic rings. The van der Waals surface area contributed by atoms with Crippen LogP contribution in [0.5, 0.6) is 0 Å². The van der Waals surface area contributed by atoms with E-state index in [2.05, 4.69) is 45.1 Å². The smallest absolute Gasteiger partial charge is 0.242 e. The van der Waals surface area contributed by atoms with Crippen molar-refractivity contribution >= 4 is 16.7 Å². The summed E-state index contributed by atoms with van der Waals surface area (Å²) in [5.74, 6) is -0.122. The molecule has 1 heterocycles. The summed E-state index contributed by atoms with van der Waals surface area (Å²) < 4.78 is 1.39. The fourth-order valence-electron chi connectivity index (χ4n) is 2.25. The maximum Gasteiger partial charge on any atom is 0.242 e. The van der Waals surface area contributed by atoms with Gasteiger partial charge in [0, 0.05) is 0 Å². The summed E-state index contributed by atoms with van der Waals surface area (Å²) in [5.41, 5.74) is 1.07. The Morgan fingerprint density at radius 3 is 2.81 bits per heavy atom. The minimum atomic E-state index is -0.122. The molecule has 0 unspecified atom stereocenters.